The summed E-state index contributed by atoms with van der Waals surface area (Å²) >= 11 is 1.62. The Morgan fingerprint density at radius 2 is 1.95 bits per heavy atom. The third-order valence-corrected chi connectivity index (χ3v) is 6.15. The van der Waals surface area contributed by atoms with E-state index in [0.29, 0.717) is 11.5 Å². The molecule has 1 aromatic rings. The molecule has 1 saturated heterocycles. The van der Waals surface area contributed by atoms with E-state index >= 15 is 0 Å². The fourth-order valence-corrected chi connectivity index (χ4v) is 4.96. The summed E-state index contributed by atoms with van der Waals surface area (Å²) < 4.78 is 53.3. The maximum absolute atomic E-state index is 13.8. The molecular weight excluding hydrogens is 294 g/mol. The summed E-state index contributed by atoms with van der Waals surface area (Å²) in [6, 6.07) is 1.35. The molecule has 1 atom stereocenters. The summed E-state index contributed by atoms with van der Waals surface area (Å²) in [6.45, 7) is 1.97. The van der Waals surface area contributed by atoms with Gasteiger partial charge in [-0.2, -0.15) is 16.1 Å². The first kappa shape index (κ1) is 14.5. The van der Waals surface area contributed by atoms with Gasteiger partial charge in [0.05, 0.1) is 0 Å². The molecule has 1 aliphatic heterocycles. The summed E-state index contributed by atoms with van der Waals surface area (Å²) in [7, 11) is -4.17. The van der Waals surface area contributed by atoms with Crippen molar-refractivity contribution in [2.45, 2.75) is 17.9 Å². The molecule has 19 heavy (non-hydrogen) atoms. The molecule has 0 saturated carbocycles. The zero-order chi connectivity index (χ0) is 14.2. The summed E-state index contributed by atoms with van der Waals surface area (Å²) in [4.78, 5) is -0.916. The van der Waals surface area contributed by atoms with Gasteiger partial charge in [0.1, 0.15) is 11.6 Å². The van der Waals surface area contributed by atoms with Gasteiger partial charge in [0, 0.05) is 29.8 Å². The zero-order valence-corrected chi connectivity index (χ0v) is 11.9. The highest BCUT2D eigenvalue weighted by molar-refractivity contribution is 7.99. The van der Waals surface area contributed by atoms with Gasteiger partial charge in [0.25, 0.3) is 0 Å². The molecule has 0 spiro atoms. The number of nitrogens with zero attached hydrogens (tertiary/aromatic N) is 1. The van der Waals surface area contributed by atoms with E-state index in [1.165, 1.54) is 0 Å². The number of thioether (sulfide) groups is 1. The molecule has 4 nitrogen and oxygen atoms in total. The van der Waals surface area contributed by atoms with Crippen molar-refractivity contribution in [3.63, 3.8) is 0 Å². The third kappa shape index (κ3) is 2.70. The van der Waals surface area contributed by atoms with Gasteiger partial charge in [-0.3, -0.25) is 0 Å². The van der Waals surface area contributed by atoms with Crippen LogP contribution in [0.1, 0.15) is 6.92 Å². The number of nitrogen functional groups attached to an aromatic ring is 1. The Kier molecular flexibility index (Phi) is 4.03. The fourth-order valence-electron chi connectivity index (χ4n) is 2.01. The third-order valence-electron chi connectivity index (χ3n) is 2.89. The maximum Gasteiger partial charge on any atom is 0.249 e. The predicted octanol–water partition coefficient (Wildman–Crippen LogP) is 1.67. The van der Waals surface area contributed by atoms with Crippen LogP contribution in [0.15, 0.2) is 17.0 Å². The molecule has 1 aliphatic rings. The Morgan fingerprint density at radius 1 is 1.37 bits per heavy atom. The summed E-state index contributed by atoms with van der Waals surface area (Å²) in [5, 5.41) is 0. The number of benzene rings is 1. The zero-order valence-electron chi connectivity index (χ0n) is 10.3. The van der Waals surface area contributed by atoms with Gasteiger partial charge in [-0.05, 0) is 19.1 Å². The van der Waals surface area contributed by atoms with Crippen LogP contribution in [0.3, 0.4) is 0 Å². The Bertz CT molecular complexity index is 569. The van der Waals surface area contributed by atoms with Crippen molar-refractivity contribution in [1.29, 1.82) is 0 Å². The standard InChI is InChI=1S/C11H14F2N2O2S2/c1-7-6-18-3-2-15(7)19(16,17)11-9(12)4-8(14)5-10(11)13/h4-5,7H,2-3,6,14H2,1H3. The molecule has 0 bridgehead atoms. The topological polar surface area (TPSA) is 63.4 Å². The largest absolute Gasteiger partial charge is 0.399 e. The van der Waals surface area contributed by atoms with Gasteiger partial charge in [0.2, 0.25) is 10.0 Å². The highest BCUT2D eigenvalue weighted by atomic mass is 32.2. The molecule has 1 heterocycles. The molecule has 0 amide bonds. The summed E-state index contributed by atoms with van der Waals surface area (Å²) in [5.74, 6) is -1.08. The van der Waals surface area contributed by atoms with E-state index in [0.717, 1.165) is 16.4 Å². The van der Waals surface area contributed by atoms with Crippen molar-refractivity contribution in [3.05, 3.63) is 23.8 Å². The minimum absolute atomic E-state index is 0.142. The van der Waals surface area contributed by atoms with Gasteiger partial charge in [0.15, 0.2) is 4.90 Å². The van der Waals surface area contributed by atoms with Crippen LogP contribution in [0, 0.1) is 11.6 Å². The molecule has 0 aliphatic carbocycles. The Morgan fingerprint density at radius 3 is 2.47 bits per heavy atom. The van der Waals surface area contributed by atoms with Crippen LogP contribution in [0.4, 0.5) is 14.5 Å². The van der Waals surface area contributed by atoms with Gasteiger partial charge < -0.3 is 5.73 Å². The van der Waals surface area contributed by atoms with Crippen molar-refractivity contribution in [2.75, 3.05) is 23.8 Å². The lowest BCUT2D eigenvalue weighted by Crippen LogP contribution is -2.44. The van der Waals surface area contributed by atoms with E-state index in [1.807, 2.05) is 0 Å². The second-order valence-corrected chi connectivity index (χ2v) is 7.33. The van der Waals surface area contributed by atoms with Crippen LogP contribution < -0.4 is 5.73 Å². The summed E-state index contributed by atoms with van der Waals surface area (Å²) in [6.07, 6.45) is 0. The number of rotatable bonds is 2. The number of hydrogen-bond acceptors (Lipinski definition) is 4. The Hall–Kier alpha value is -0.860. The highest BCUT2D eigenvalue weighted by Crippen LogP contribution is 2.29. The van der Waals surface area contributed by atoms with Crippen LogP contribution >= 0.6 is 11.8 Å². The molecular formula is C11H14F2N2O2S2. The average molecular weight is 308 g/mol. The molecule has 0 radical (unpaired) electrons. The van der Waals surface area contributed by atoms with E-state index < -0.39 is 26.6 Å². The summed E-state index contributed by atoms with van der Waals surface area (Å²) in [5.41, 5.74) is 5.14. The number of halogens is 2. The van der Waals surface area contributed by atoms with E-state index in [9.17, 15) is 17.2 Å². The number of nitrogens with two attached hydrogens (primary N) is 1. The van der Waals surface area contributed by atoms with Crippen LogP contribution in [0.2, 0.25) is 0 Å². The highest BCUT2D eigenvalue weighted by Gasteiger charge is 2.35. The van der Waals surface area contributed by atoms with Crippen LogP contribution in [0.5, 0.6) is 0 Å². The first-order valence-electron chi connectivity index (χ1n) is 5.68. The van der Waals surface area contributed by atoms with Gasteiger partial charge in [-0.25, -0.2) is 17.2 Å². The molecule has 2 N–H and O–H groups in total. The Labute approximate surface area is 115 Å². The lowest BCUT2D eigenvalue weighted by molar-refractivity contribution is 0.362. The minimum Gasteiger partial charge on any atom is -0.399 e. The average Bonchev–Trinajstić information content (AvgIpc) is 2.27. The van der Waals surface area contributed by atoms with E-state index in [1.54, 1.807) is 18.7 Å². The van der Waals surface area contributed by atoms with Gasteiger partial charge in [-0.15, -0.1) is 0 Å². The second kappa shape index (κ2) is 5.26. The van der Waals surface area contributed by atoms with E-state index in [-0.39, 0.29) is 18.3 Å². The van der Waals surface area contributed by atoms with Crippen molar-refractivity contribution >= 4 is 27.5 Å². The molecule has 1 aromatic carbocycles. The lowest BCUT2D eigenvalue weighted by Gasteiger charge is -2.32. The molecule has 8 heteroatoms. The van der Waals surface area contributed by atoms with Crippen LogP contribution in [-0.2, 0) is 10.0 Å². The second-order valence-electron chi connectivity index (χ2n) is 4.35. The fraction of sp³-hybridized carbons (Fsp3) is 0.455. The van der Waals surface area contributed by atoms with Crippen LogP contribution in [0.25, 0.3) is 0 Å². The predicted molar refractivity (Wildman–Crippen MR) is 71.4 cm³/mol. The van der Waals surface area contributed by atoms with Crippen molar-refractivity contribution in [2.24, 2.45) is 0 Å². The molecule has 106 valence electrons. The number of anilines is 1. The molecule has 1 unspecified atom stereocenters. The molecule has 0 aromatic heterocycles. The first-order chi connectivity index (χ1) is 8.84. The first-order valence-corrected chi connectivity index (χ1v) is 8.27. The van der Waals surface area contributed by atoms with Crippen molar-refractivity contribution in [1.82, 2.24) is 4.31 Å². The smallest absolute Gasteiger partial charge is 0.249 e. The molecule has 1 fully saturated rings. The van der Waals surface area contributed by atoms with Crippen molar-refractivity contribution in [3.8, 4) is 0 Å². The van der Waals surface area contributed by atoms with E-state index in [2.05, 4.69) is 0 Å². The number of sulfonamides is 1. The minimum atomic E-state index is -4.17. The quantitative estimate of drug-likeness (QED) is 0.844. The SMILES string of the molecule is CC1CSCCN1S(=O)(=O)c1c(F)cc(N)cc1F. The van der Waals surface area contributed by atoms with Crippen molar-refractivity contribution < 1.29 is 17.2 Å². The Balaban J connectivity index is 2.50. The van der Waals surface area contributed by atoms with Gasteiger partial charge >= 0.3 is 0 Å². The monoisotopic (exact) mass is 308 g/mol. The van der Waals surface area contributed by atoms with Crippen LogP contribution in [-0.4, -0.2) is 36.8 Å². The lowest BCUT2D eigenvalue weighted by atomic mass is 10.3. The maximum atomic E-state index is 13.8. The van der Waals surface area contributed by atoms with Gasteiger partial charge in [-0.1, -0.05) is 0 Å². The number of hydrogen-bond donors (Lipinski definition) is 1. The normalized spacial score (nSPS) is 21.5. The van der Waals surface area contributed by atoms with E-state index in [4.69, 9.17) is 5.73 Å². The molecule has 2 rings (SSSR count).